The molecule has 2 aliphatic heterocycles. The van der Waals surface area contributed by atoms with Crippen molar-refractivity contribution in [1.82, 2.24) is 15.5 Å². The summed E-state index contributed by atoms with van der Waals surface area (Å²) in [6, 6.07) is 6.48. The second-order valence-corrected chi connectivity index (χ2v) is 7.40. The Kier molecular flexibility index (Phi) is 6.57. The Morgan fingerprint density at radius 2 is 2.04 bits per heavy atom. The van der Waals surface area contributed by atoms with E-state index in [9.17, 15) is 9.59 Å². The van der Waals surface area contributed by atoms with Gasteiger partial charge in [-0.3, -0.25) is 4.90 Å². The van der Waals surface area contributed by atoms with Crippen molar-refractivity contribution in [2.75, 3.05) is 33.4 Å². The van der Waals surface area contributed by atoms with E-state index < -0.39 is 12.0 Å². The molecule has 0 bridgehead atoms. The highest BCUT2D eigenvalue weighted by atomic mass is 16.5. The van der Waals surface area contributed by atoms with Crippen LogP contribution < -0.4 is 15.4 Å². The number of hydrogen-bond acceptors (Lipinski definition) is 5. The molecule has 2 amide bonds. The third kappa shape index (κ3) is 4.65. The molecule has 2 N–H and O–H groups in total. The van der Waals surface area contributed by atoms with Crippen LogP contribution in [0.2, 0.25) is 0 Å². The highest BCUT2D eigenvalue weighted by Crippen LogP contribution is 2.30. The molecule has 2 unspecified atom stereocenters. The number of ether oxygens (including phenoxy) is 2. The van der Waals surface area contributed by atoms with E-state index in [0.717, 1.165) is 25.1 Å². The van der Waals surface area contributed by atoms with Crippen molar-refractivity contribution in [1.29, 1.82) is 0 Å². The molecule has 1 aromatic rings. The van der Waals surface area contributed by atoms with Crippen molar-refractivity contribution in [3.05, 3.63) is 41.1 Å². The summed E-state index contributed by atoms with van der Waals surface area (Å²) in [6.45, 7) is 6.73. The van der Waals surface area contributed by atoms with Crippen molar-refractivity contribution in [2.45, 2.75) is 32.7 Å². The summed E-state index contributed by atoms with van der Waals surface area (Å²) < 4.78 is 10.5. The Bertz CT molecular complexity index is 745. The number of likely N-dealkylation sites (tertiary alicyclic amines) is 1. The standard InChI is InChI=1S/C21H29N3O4/c1-4-28-20(25)18-17(13-24-11-5-6-14(2)12-24)22-21(26)23-19(18)15-7-9-16(27-3)10-8-15/h7-10,14,19H,4-6,11-13H2,1-3H3,(H2,22,23,26). The summed E-state index contributed by atoms with van der Waals surface area (Å²) >= 11 is 0. The molecule has 0 aliphatic carbocycles. The predicted molar refractivity (Wildman–Crippen MR) is 106 cm³/mol. The van der Waals surface area contributed by atoms with Crippen LogP contribution in [0.25, 0.3) is 0 Å². The fraction of sp³-hybridized carbons (Fsp3) is 0.524. The van der Waals surface area contributed by atoms with E-state index in [2.05, 4.69) is 22.5 Å². The number of carbonyl (C=O) groups excluding carboxylic acids is 2. The van der Waals surface area contributed by atoms with Gasteiger partial charge in [-0.05, 0) is 49.9 Å². The number of rotatable bonds is 6. The summed E-state index contributed by atoms with van der Waals surface area (Å²) in [4.78, 5) is 27.5. The molecule has 1 fully saturated rings. The number of nitrogens with zero attached hydrogens (tertiary/aromatic N) is 1. The molecule has 2 aliphatic rings. The molecule has 0 saturated carbocycles. The maximum Gasteiger partial charge on any atom is 0.338 e. The molecule has 28 heavy (non-hydrogen) atoms. The third-order valence-electron chi connectivity index (χ3n) is 5.22. The number of nitrogens with one attached hydrogen (secondary N) is 2. The molecule has 0 radical (unpaired) electrons. The molecule has 2 heterocycles. The van der Waals surface area contributed by atoms with Crippen molar-refractivity contribution in [3.63, 3.8) is 0 Å². The zero-order valence-electron chi connectivity index (χ0n) is 16.8. The first-order chi connectivity index (χ1) is 13.5. The molecular formula is C21H29N3O4. The Hall–Kier alpha value is -2.54. The minimum atomic E-state index is -0.559. The fourth-order valence-corrected chi connectivity index (χ4v) is 3.89. The number of esters is 1. The van der Waals surface area contributed by atoms with Gasteiger partial charge in [0.2, 0.25) is 0 Å². The first-order valence-corrected chi connectivity index (χ1v) is 9.85. The van der Waals surface area contributed by atoms with Crippen LogP contribution in [0.4, 0.5) is 4.79 Å². The lowest BCUT2D eigenvalue weighted by atomic mass is 9.94. The van der Waals surface area contributed by atoms with E-state index >= 15 is 0 Å². The van der Waals surface area contributed by atoms with Crippen LogP contribution in [0.3, 0.4) is 0 Å². The van der Waals surface area contributed by atoms with E-state index in [1.807, 2.05) is 24.3 Å². The fourth-order valence-electron chi connectivity index (χ4n) is 3.89. The molecular weight excluding hydrogens is 358 g/mol. The SMILES string of the molecule is CCOC(=O)C1=C(CN2CCCC(C)C2)NC(=O)NC1c1ccc(OC)cc1. The summed E-state index contributed by atoms with van der Waals surface area (Å²) in [5.41, 5.74) is 1.89. The third-order valence-corrected chi connectivity index (χ3v) is 5.22. The molecule has 0 spiro atoms. The quantitative estimate of drug-likeness (QED) is 0.734. The van der Waals surface area contributed by atoms with Crippen LogP contribution in [0.1, 0.15) is 38.3 Å². The van der Waals surface area contributed by atoms with Gasteiger partial charge in [-0.2, -0.15) is 0 Å². The number of hydrogen-bond donors (Lipinski definition) is 2. The molecule has 1 aromatic carbocycles. The van der Waals surface area contributed by atoms with Gasteiger partial charge in [-0.1, -0.05) is 19.1 Å². The number of benzene rings is 1. The largest absolute Gasteiger partial charge is 0.497 e. The van der Waals surface area contributed by atoms with Crippen LogP contribution in [0, 0.1) is 5.92 Å². The highest BCUT2D eigenvalue weighted by molar-refractivity contribution is 5.95. The second-order valence-electron chi connectivity index (χ2n) is 7.40. The van der Waals surface area contributed by atoms with Gasteiger partial charge in [0.15, 0.2) is 0 Å². The minimum Gasteiger partial charge on any atom is -0.497 e. The van der Waals surface area contributed by atoms with Crippen LogP contribution in [0.5, 0.6) is 5.75 Å². The predicted octanol–water partition coefficient (Wildman–Crippen LogP) is 2.60. The minimum absolute atomic E-state index is 0.277. The van der Waals surface area contributed by atoms with Crippen LogP contribution >= 0.6 is 0 Å². The van der Waals surface area contributed by atoms with Crippen LogP contribution in [-0.4, -0.2) is 50.3 Å². The van der Waals surface area contributed by atoms with Gasteiger partial charge >= 0.3 is 12.0 Å². The lowest BCUT2D eigenvalue weighted by Gasteiger charge is -2.35. The number of carbonyl (C=O) groups is 2. The Morgan fingerprint density at radius 1 is 1.29 bits per heavy atom. The maximum atomic E-state index is 12.8. The van der Waals surface area contributed by atoms with E-state index in [1.165, 1.54) is 6.42 Å². The lowest BCUT2D eigenvalue weighted by Crippen LogP contribution is -2.49. The molecule has 3 rings (SSSR count). The monoisotopic (exact) mass is 387 g/mol. The van der Waals surface area contributed by atoms with Gasteiger partial charge < -0.3 is 20.1 Å². The second kappa shape index (κ2) is 9.10. The average molecular weight is 387 g/mol. The van der Waals surface area contributed by atoms with Gasteiger partial charge in [-0.15, -0.1) is 0 Å². The van der Waals surface area contributed by atoms with Gasteiger partial charge in [0.05, 0.1) is 25.3 Å². The van der Waals surface area contributed by atoms with Gasteiger partial charge in [0, 0.05) is 18.8 Å². The smallest absolute Gasteiger partial charge is 0.338 e. The average Bonchev–Trinajstić information content (AvgIpc) is 2.68. The van der Waals surface area contributed by atoms with Crippen molar-refractivity contribution >= 4 is 12.0 Å². The Balaban J connectivity index is 1.95. The Morgan fingerprint density at radius 3 is 2.68 bits per heavy atom. The number of urea groups is 1. The summed E-state index contributed by atoms with van der Waals surface area (Å²) in [5, 5.41) is 5.72. The lowest BCUT2D eigenvalue weighted by molar-refractivity contribution is -0.139. The normalized spacial score (nSPS) is 23.0. The van der Waals surface area contributed by atoms with E-state index in [1.54, 1.807) is 14.0 Å². The van der Waals surface area contributed by atoms with Gasteiger partial charge in [-0.25, -0.2) is 9.59 Å². The molecule has 0 aromatic heterocycles. The molecule has 7 nitrogen and oxygen atoms in total. The topological polar surface area (TPSA) is 79.9 Å². The Labute approximate surface area is 166 Å². The molecule has 1 saturated heterocycles. The van der Waals surface area contributed by atoms with Crippen LogP contribution in [0.15, 0.2) is 35.5 Å². The van der Waals surface area contributed by atoms with Crippen molar-refractivity contribution < 1.29 is 19.1 Å². The number of piperidine rings is 1. The maximum absolute atomic E-state index is 12.8. The van der Waals surface area contributed by atoms with Crippen molar-refractivity contribution in [2.24, 2.45) is 5.92 Å². The number of methoxy groups -OCH3 is 1. The highest BCUT2D eigenvalue weighted by Gasteiger charge is 2.34. The van der Waals surface area contributed by atoms with Crippen molar-refractivity contribution in [3.8, 4) is 5.75 Å². The first-order valence-electron chi connectivity index (χ1n) is 9.85. The summed E-state index contributed by atoms with van der Waals surface area (Å²) in [5.74, 6) is 0.916. The molecule has 2 atom stereocenters. The zero-order valence-corrected chi connectivity index (χ0v) is 16.8. The first kappa shape index (κ1) is 20.2. The van der Waals surface area contributed by atoms with E-state index in [-0.39, 0.29) is 12.6 Å². The van der Waals surface area contributed by atoms with Gasteiger partial charge in [0.25, 0.3) is 0 Å². The molecule has 152 valence electrons. The zero-order chi connectivity index (χ0) is 20.1. The molecule has 7 heteroatoms. The summed E-state index contributed by atoms with van der Waals surface area (Å²) in [6.07, 6.45) is 2.33. The number of amides is 2. The van der Waals surface area contributed by atoms with Crippen LogP contribution in [-0.2, 0) is 9.53 Å². The van der Waals surface area contributed by atoms with E-state index in [4.69, 9.17) is 9.47 Å². The summed E-state index contributed by atoms with van der Waals surface area (Å²) in [7, 11) is 1.60. The van der Waals surface area contributed by atoms with E-state index in [0.29, 0.717) is 29.5 Å². The van der Waals surface area contributed by atoms with Gasteiger partial charge in [0.1, 0.15) is 5.75 Å².